The topological polar surface area (TPSA) is 85.4 Å². The second-order valence-corrected chi connectivity index (χ2v) is 7.69. The van der Waals surface area contributed by atoms with Crippen LogP contribution >= 0.6 is 27.3 Å². The largest absolute Gasteiger partial charge is 0.464 e. The van der Waals surface area contributed by atoms with E-state index in [2.05, 4.69) is 30.4 Å². The molecule has 112 valence electrons. The Labute approximate surface area is 134 Å². The van der Waals surface area contributed by atoms with Gasteiger partial charge in [0.2, 0.25) is 0 Å². The lowest BCUT2D eigenvalue weighted by molar-refractivity contribution is 0.0590. The van der Waals surface area contributed by atoms with Gasteiger partial charge in [-0.1, -0.05) is 15.9 Å². The minimum absolute atomic E-state index is 0.170. The number of nitrogens with zero attached hydrogens (tertiary/aromatic N) is 1. The minimum Gasteiger partial charge on any atom is -0.464 e. The van der Waals surface area contributed by atoms with E-state index in [1.807, 2.05) is 0 Å². The van der Waals surface area contributed by atoms with Crippen LogP contribution in [0.15, 0.2) is 32.4 Å². The number of aryl methyl sites for hydroxylation is 1. The number of carbonyl (C=O) groups is 1. The van der Waals surface area contributed by atoms with Crippen LogP contribution in [-0.4, -0.2) is 26.5 Å². The van der Waals surface area contributed by atoms with Gasteiger partial charge in [-0.25, -0.2) is 18.2 Å². The molecule has 6 nitrogen and oxygen atoms in total. The fourth-order valence-corrected chi connectivity index (χ4v) is 4.33. The third-order valence-electron chi connectivity index (χ3n) is 2.59. The van der Waals surface area contributed by atoms with Crippen molar-refractivity contribution >= 4 is 48.9 Å². The molecule has 0 unspecified atom stereocenters. The van der Waals surface area contributed by atoms with E-state index < -0.39 is 16.0 Å². The van der Waals surface area contributed by atoms with Gasteiger partial charge in [-0.2, -0.15) is 0 Å². The number of sulfonamides is 1. The number of hydrogen-bond donors (Lipinski definition) is 1. The van der Waals surface area contributed by atoms with Crippen LogP contribution in [0.25, 0.3) is 0 Å². The van der Waals surface area contributed by atoms with Gasteiger partial charge in [0.1, 0.15) is 0 Å². The number of rotatable bonds is 4. The number of anilines is 1. The third-order valence-corrected chi connectivity index (χ3v) is 5.82. The second kappa shape index (κ2) is 6.12. The number of thiazole rings is 1. The van der Waals surface area contributed by atoms with Crippen LogP contribution in [0.2, 0.25) is 0 Å². The Bertz CT molecular complexity index is 786. The normalized spacial score (nSPS) is 11.2. The van der Waals surface area contributed by atoms with Crippen molar-refractivity contribution in [3.63, 3.8) is 0 Å². The average molecular weight is 391 g/mol. The first-order chi connectivity index (χ1) is 9.85. The molecular weight excluding hydrogens is 380 g/mol. The van der Waals surface area contributed by atoms with E-state index in [0.29, 0.717) is 5.69 Å². The van der Waals surface area contributed by atoms with Crippen LogP contribution in [0, 0.1) is 6.92 Å². The molecule has 0 spiro atoms. The van der Waals surface area contributed by atoms with E-state index in [4.69, 9.17) is 0 Å². The predicted octanol–water partition coefficient (Wildman–Crippen LogP) is 2.80. The molecule has 1 aromatic heterocycles. The van der Waals surface area contributed by atoms with Crippen molar-refractivity contribution in [3.8, 4) is 0 Å². The molecule has 0 saturated heterocycles. The summed E-state index contributed by atoms with van der Waals surface area (Å²) < 4.78 is 32.4. The van der Waals surface area contributed by atoms with E-state index in [9.17, 15) is 13.2 Å². The molecule has 1 heterocycles. The van der Waals surface area contributed by atoms with Crippen molar-refractivity contribution in [1.82, 2.24) is 4.98 Å². The Morgan fingerprint density at radius 1 is 1.43 bits per heavy atom. The first kappa shape index (κ1) is 15.9. The summed E-state index contributed by atoms with van der Waals surface area (Å²) in [6.45, 7) is 1.77. The van der Waals surface area contributed by atoms with Gasteiger partial charge < -0.3 is 4.74 Å². The van der Waals surface area contributed by atoms with Crippen LogP contribution in [-0.2, 0) is 14.8 Å². The molecule has 2 aromatic rings. The molecule has 1 N–H and O–H groups in total. The summed E-state index contributed by atoms with van der Waals surface area (Å²) in [5, 5.41) is 0. The summed E-state index contributed by atoms with van der Waals surface area (Å²) in [6, 6.07) is 5.14. The van der Waals surface area contributed by atoms with Crippen LogP contribution in [0.1, 0.15) is 16.1 Å². The van der Waals surface area contributed by atoms with Crippen LogP contribution in [0.3, 0.4) is 0 Å². The summed E-state index contributed by atoms with van der Waals surface area (Å²) in [7, 11) is -2.73. The summed E-state index contributed by atoms with van der Waals surface area (Å²) in [5.41, 5.74) is 2.25. The van der Waals surface area contributed by atoms with Gasteiger partial charge in [-0.15, -0.1) is 11.3 Å². The third kappa shape index (κ3) is 3.42. The van der Waals surface area contributed by atoms with Crippen molar-refractivity contribution in [3.05, 3.63) is 39.4 Å². The Kier molecular flexibility index (Phi) is 4.64. The maximum atomic E-state index is 12.4. The van der Waals surface area contributed by atoms with E-state index in [1.165, 1.54) is 12.6 Å². The monoisotopic (exact) mass is 390 g/mol. The highest BCUT2D eigenvalue weighted by atomic mass is 79.9. The number of hydrogen-bond acceptors (Lipinski definition) is 6. The van der Waals surface area contributed by atoms with E-state index >= 15 is 0 Å². The van der Waals surface area contributed by atoms with Crippen molar-refractivity contribution in [1.29, 1.82) is 0 Å². The highest BCUT2D eigenvalue weighted by Crippen LogP contribution is 2.26. The summed E-state index contributed by atoms with van der Waals surface area (Å²) >= 11 is 4.17. The van der Waals surface area contributed by atoms with E-state index in [-0.39, 0.29) is 9.90 Å². The SMILES string of the molecule is COC(=O)c1ncsc1S(=O)(=O)Nc1ccc(Br)cc1C. The first-order valence-corrected chi connectivity index (χ1v) is 8.81. The van der Waals surface area contributed by atoms with Crippen molar-refractivity contribution < 1.29 is 17.9 Å². The first-order valence-electron chi connectivity index (χ1n) is 5.66. The lowest BCUT2D eigenvalue weighted by Crippen LogP contribution is -2.16. The van der Waals surface area contributed by atoms with E-state index in [1.54, 1.807) is 25.1 Å². The molecule has 0 aliphatic carbocycles. The lowest BCUT2D eigenvalue weighted by atomic mass is 10.2. The fourth-order valence-electron chi connectivity index (χ4n) is 1.59. The number of esters is 1. The van der Waals surface area contributed by atoms with Gasteiger partial charge in [0.05, 0.1) is 18.3 Å². The molecule has 0 aliphatic heterocycles. The standard InChI is InChI=1S/C12H11BrN2O4S2/c1-7-5-8(13)3-4-9(7)15-21(17,18)12-10(11(16)19-2)14-6-20-12/h3-6,15H,1-2H3. The zero-order chi connectivity index (χ0) is 15.6. The highest BCUT2D eigenvalue weighted by molar-refractivity contribution is 9.10. The van der Waals surface area contributed by atoms with Gasteiger partial charge >= 0.3 is 5.97 Å². The average Bonchev–Trinajstić information content (AvgIpc) is 2.91. The highest BCUT2D eigenvalue weighted by Gasteiger charge is 2.27. The summed E-state index contributed by atoms with van der Waals surface area (Å²) in [4.78, 5) is 15.3. The van der Waals surface area contributed by atoms with Gasteiger partial charge in [0.25, 0.3) is 10.0 Å². The quantitative estimate of drug-likeness (QED) is 0.811. The molecule has 0 fully saturated rings. The van der Waals surface area contributed by atoms with Gasteiger partial charge in [0.15, 0.2) is 9.90 Å². The molecule has 0 radical (unpaired) electrons. The fraction of sp³-hybridized carbons (Fsp3) is 0.167. The molecular formula is C12H11BrN2O4S2. The van der Waals surface area contributed by atoms with Crippen LogP contribution in [0.4, 0.5) is 5.69 Å². The Hall–Kier alpha value is -1.45. The van der Waals surface area contributed by atoms with Crippen molar-refractivity contribution in [2.75, 3.05) is 11.8 Å². The van der Waals surface area contributed by atoms with Crippen molar-refractivity contribution in [2.24, 2.45) is 0 Å². The number of aromatic nitrogens is 1. The molecule has 21 heavy (non-hydrogen) atoms. The predicted molar refractivity (Wildman–Crippen MR) is 83.1 cm³/mol. The van der Waals surface area contributed by atoms with Gasteiger partial charge in [-0.05, 0) is 30.7 Å². The smallest absolute Gasteiger partial charge is 0.358 e. The number of benzene rings is 1. The maximum Gasteiger partial charge on any atom is 0.358 e. The molecule has 0 amide bonds. The molecule has 0 bridgehead atoms. The molecule has 0 aliphatic rings. The molecule has 0 saturated carbocycles. The molecule has 1 aromatic carbocycles. The number of methoxy groups -OCH3 is 1. The molecule has 0 atom stereocenters. The summed E-state index contributed by atoms with van der Waals surface area (Å²) in [6.07, 6.45) is 0. The number of halogens is 1. The zero-order valence-electron chi connectivity index (χ0n) is 11.1. The van der Waals surface area contributed by atoms with Gasteiger partial charge in [0, 0.05) is 4.47 Å². The number of ether oxygens (including phenoxy) is 1. The van der Waals surface area contributed by atoms with Crippen molar-refractivity contribution in [2.45, 2.75) is 11.1 Å². The van der Waals surface area contributed by atoms with Gasteiger partial charge in [-0.3, -0.25) is 4.72 Å². The van der Waals surface area contributed by atoms with E-state index in [0.717, 1.165) is 21.4 Å². The lowest BCUT2D eigenvalue weighted by Gasteiger charge is -2.10. The van der Waals surface area contributed by atoms with Crippen LogP contribution < -0.4 is 4.72 Å². The number of nitrogens with one attached hydrogen (secondary N) is 1. The minimum atomic E-state index is -3.90. The molecule has 2 rings (SSSR count). The number of carbonyl (C=O) groups excluding carboxylic acids is 1. The Morgan fingerprint density at radius 3 is 2.76 bits per heavy atom. The van der Waals surface area contributed by atoms with Crippen LogP contribution in [0.5, 0.6) is 0 Å². The Balaban J connectivity index is 2.39. The zero-order valence-corrected chi connectivity index (χ0v) is 14.3. The summed E-state index contributed by atoms with van der Waals surface area (Å²) in [5.74, 6) is -0.788. The molecule has 9 heteroatoms. The second-order valence-electron chi connectivity index (χ2n) is 4.04. The Morgan fingerprint density at radius 2 is 2.14 bits per heavy atom. The maximum absolute atomic E-state index is 12.4.